The molecule has 0 aromatic heterocycles. The van der Waals surface area contributed by atoms with E-state index in [1.165, 1.54) is 12.1 Å². The van der Waals surface area contributed by atoms with Crippen LogP contribution in [-0.4, -0.2) is 45.0 Å². The van der Waals surface area contributed by atoms with Gasteiger partial charge in [0, 0.05) is 12.6 Å². The summed E-state index contributed by atoms with van der Waals surface area (Å²) >= 11 is 0. The molecule has 0 aliphatic rings. The Kier molecular flexibility index (Phi) is 6.17. The summed E-state index contributed by atoms with van der Waals surface area (Å²) in [5.41, 5.74) is 2.12. The van der Waals surface area contributed by atoms with Gasteiger partial charge in [0.2, 0.25) is 10.0 Å². The highest BCUT2D eigenvalue weighted by atomic mass is 32.2. The van der Waals surface area contributed by atoms with E-state index in [4.69, 9.17) is 0 Å². The van der Waals surface area contributed by atoms with Crippen molar-refractivity contribution in [2.75, 3.05) is 20.6 Å². The summed E-state index contributed by atoms with van der Waals surface area (Å²) in [5.74, 6) is -1.15. The topological polar surface area (TPSA) is 86.7 Å². The van der Waals surface area contributed by atoms with Gasteiger partial charge < -0.3 is 10.0 Å². The van der Waals surface area contributed by atoms with Crippen molar-refractivity contribution < 1.29 is 18.3 Å². The van der Waals surface area contributed by atoms with Crippen molar-refractivity contribution in [2.45, 2.75) is 24.8 Å². The van der Waals surface area contributed by atoms with Gasteiger partial charge in [-0.3, -0.25) is 0 Å². The Morgan fingerprint density at radius 3 is 2.31 bits per heavy atom. The van der Waals surface area contributed by atoms with Gasteiger partial charge in [0.1, 0.15) is 0 Å². The van der Waals surface area contributed by atoms with Crippen molar-refractivity contribution in [2.24, 2.45) is 0 Å². The van der Waals surface area contributed by atoms with Crippen molar-refractivity contribution >= 4 is 16.0 Å². The number of nitrogens with zero attached hydrogens (tertiary/aromatic N) is 1. The minimum Gasteiger partial charge on any atom is -0.478 e. The third kappa shape index (κ3) is 4.49. The molecule has 0 spiro atoms. The number of rotatable bonds is 7. The van der Waals surface area contributed by atoms with Gasteiger partial charge in [0.05, 0.1) is 10.5 Å². The smallest absolute Gasteiger partial charge is 0.335 e. The van der Waals surface area contributed by atoms with Crippen LogP contribution in [-0.2, 0) is 10.0 Å². The number of nitrogens with one attached hydrogen (secondary N) is 1. The molecule has 0 amide bonds. The van der Waals surface area contributed by atoms with Crippen LogP contribution in [0.5, 0.6) is 0 Å². The summed E-state index contributed by atoms with van der Waals surface area (Å²) in [4.78, 5) is 13.2. The van der Waals surface area contributed by atoms with E-state index in [9.17, 15) is 18.3 Å². The highest BCUT2D eigenvalue weighted by Crippen LogP contribution is 2.23. The Morgan fingerprint density at radius 1 is 1.15 bits per heavy atom. The second-order valence-corrected chi connectivity index (χ2v) is 8.20. The summed E-state index contributed by atoms with van der Waals surface area (Å²) in [7, 11) is -0.0833. The average molecular weight is 376 g/mol. The maximum absolute atomic E-state index is 12.8. The molecule has 2 aromatic rings. The standard InChI is InChI=1S/C19H24N2O4S/c1-13-10-16(19(22)23)11-18(14(13)2)26(24,25)20-12-17(21(3)4)15-8-6-5-7-9-15/h5-11,17,20H,12H2,1-4H3,(H,22,23). The van der Waals surface area contributed by atoms with E-state index in [0.29, 0.717) is 11.1 Å². The zero-order valence-electron chi connectivity index (χ0n) is 15.4. The lowest BCUT2D eigenvalue weighted by atomic mass is 10.1. The first-order valence-electron chi connectivity index (χ1n) is 8.19. The molecule has 26 heavy (non-hydrogen) atoms. The van der Waals surface area contributed by atoms with E-state index in [1.807, 2.05) is 49.3 Å². The van der Waals surface area contributed by atoms with Gasteiger partial charge in [0.15, 0.2) is 0 Å². The van der Waals surface area contributed by atoms with E-state index < -0.39 is 16.0 Å². The average Bonchev–Trinajstić information content (AvgIpc) is 2.57. The van der Waals surface area contributed by atoms with E-state index in [1.54, 1.807) is 13.8 Å². The highest BCUT2D eigenvalue weighted by Gasteiger charge is 2.23. The number of aromatic carboxylic acids is 1. The highest BCUT2D eigenvalue weighted by molar-refractivity contribution is 7.89. The molecular weight excluding hydrogens is 352 g/mol. The third-order valence-electron chi connectivity index (χ3n) is 4.43. The third-order valence-corrected chi connectivity index (χ3v) is 5.98. The second kappa shape index (κ2) is 7.99. The van der Waals surface area contributed by atoms with Gasteiger partial charge in [-0.15, -0.1) is 0 Å². The Balaban J connectivity index is 2.32. The van der Waals surface area contributed by atoms with Gasteiger partial charge in [-0.05, 0) is 56.8 Å². The number of carbonyl (C=O) groups is 1. The number of aryl methyl sites for hydroxylation is 1. The lowest BCUT2D eigenvalue weighted by Crippen LogP contribution is -2.35. The van der Waals surface area contributed by atoms with Crippen molar-refractivity contribution in [1.82, 2.24) is 9.62 Å². The molecular formula is C19H24N2O4S. The van der Waals surface area contributed by atoms with Gasteiger partial charge in [-0.2, -0.15) is 0 Å². The summed E-state index contributed by atoms with van der Waals surface area (Å²) in [6.45, 7) is 3.55. The van der Waals surface area contributed by atoms with Crippen LogP contribution in [0.4, 0.5) is 0 Å². The number of sulfonamides is 1. The molecule has 2 aromatic carbocycles. The zero-order valence-corrected chi connectivity index (χ0v) is 16.2. The first-order chi connectivity index (χ1) is 12.1. The van der Waals surface area contributed by atoms with Crippen LogP contribution in [0.2, 0.25) is 0 Å². The van der Waals surface area contributed by atoms with Gasteiger partial charge >= 0.3 is 5.97 Å². The molecule has 0 saturated carbocycles. The van der Waals surface area contributed by atoms with Gasteiger partial charge in [-0.1, -0.05) is 30.3 Å². The maximum Gasteiger partial charge on any atom is 0.335 e. The maximum atomic E-state index is 12.8. The van der Waals surface area contributed by atoms with Crippen molar-refractivity contribution in [3.63, 3.8) is 0 Å². The number of hydrogen-bond acceptors (Lipinski definition) is 4. The molecule has 6 nitrogen and oxygen atoms in total. The zero-order chi connectivity index (χ0) is 19.5. The second-order valence-electron chi connectivity index (χ2n) is 6.46. The van der Waals surface area contributed by atoms with E-state index in [0.717, 1.165) is 5.56 Å². The predicted octanol–water partition coefficient (Wildman–Crippen LogP) is 2.58. The van der Waals surface area contributed by atoms with Gasteiger partial charge in [-0.25, -0.2) is 17.9 Å². The Labute approximate surface area is 154 Å². The fourth-order valence-corrected chi connectivity index (χ4v) is 4.15. The minimum absolute atomic E-state index is 0.000433. The number of likely N-dealkylation sites (N-methyl/N-ethyl adjacent to an activating group) is 1. The fraction of sp³-hybridized carbons (Fsp3) is 0.316. The van der Waals surface area contributed by atoms with Crippen molar-refractivity contribution in [3.8, 4) is 0 Å². The summed E-state index contributed by atoms with van der Waals surface area (Å²) in [6, 6.07) is 12.1. The lowest BCUT2D eigenvalue weighted by Gasteiger charge is -2.25. The molecule has 0 aliphatic heterocycles. The van der Waals surface area contributed by atoms with E-state index in [2.05, 4.69) is 4.72 Å². The quantitative estimate of drug-likeness (QED) is 0.776. The molecule has 7 heteroatoms. The summed E-state index contributed by atoms with van der Waals surface area (Å²) in [6.07, 6.45) is 0. The van der Waals surface area contributed by atoms with Crippen molar-refractivity contribution in [1.29, 1.82) is 0 Å². The molecule has 2 N–H and O–H groups in total. The van der Waals surface area contributed by atoms with Crippen LogP contribution in [0.15, 0.2) is 47.4 Å². The summed E-state index contributed by atoms with van der Waals surface area (Å²) < 4.78 is 28.3. The Bertz CT molecular complexity index is 893. The first kappa shape index (κ1) is 20.1. The van der Waals surface area contributed by atoms with E-state index >= 15 is 0 Å². The monoisotopic (exact) mass is 376 g/mol. The van der Waals surface area contributed by atoms with Crippen molar-refractivity contribution in [3.05, 3.63) is 64.7 Å². The minimum atomic E-state index is -3.85. The Hall–Kier alpha value is -2.22. The predicted molar refractivity (Wildman–Crippen MR) is 101 cm³/mol. The number of benzene rings is 2. The largest absolute Gasteiger partial charge is 0.478 e. The lowest BCUT2D eigenvalue weighted by molar-refractivity contribution is 0.0696. The number of hydrogen-bond donors (Lipinski definition) is 2. The van der Waals surface area contributed by atoms with Crippen LogP contribution < -0.4 is 4.72 Å². The molecule has 1 unspecified atom stereocenters. The molecule has 0 bridgehead atoms. The van der Waals surface area contributed by atoms with Crippen LogP contribution >= 0.6 is 0 Å². The molecule has 0 saturated heterocycles. The normalized spacial score (nSPS) is 13.0. The molecule has 0 radical (unpaired) electrons. The Morgan fingerprint density at radius 2 is 1.77 bits per heavy atom. The summed E-state index contributed by atoms with van der Waals surface area (Å²) in [5, 5.41) is 9.21. The first-order valence-corrected chi connectivity index (χ1v) is 9.67. The van der Waals surface area contributed by atoms with Crippen LogP contribution in [0.25, 0.3) is 0 Å². The van der Waals surface area contributed by atoms with Gasteiger partial charge in [0.25, 0.3) is 0 Å². The number of carboxylic acids is 1. The molecule has 0 fully saturated rings. The number of carboxylic acid groups (broad SMARTS) is 1. The molecule has 140 valence electrons. The fourth-order valence-electron chi connectivity index (χ4n) is 2.77. The van der Waals surface area contributed by atoms with Crippen LogP contribution in [0.3, 0.4) is 0 Å². The SMILES string of the molecule is Cc1cc(C(=O)O)cc(S(=O)(=O)NCC(c2ccccc2)N(C)C)c1C. The van der Waals surface area contributed by atoms with Crippen LogP contribution in [0, 0.1) is 13.8 Å². The molecule has 1 atom stereocenters. The molecule has 0 heterocycles. The van der Waals surface area contributed by atoms with E-state index in [-0.39, 0.29) is 23.0 Å². The molecule has 2 rings (SSSR count). The van der Waals surface area contributed by atoms with Crippen LogP contribution in [0.1, 0.15) is 33.1 Å². The molecule has 0 aliphatic carbocycles.